The van der Waals surface area contributed by atoms with Crippen molar-refractivity contribution in [3.05, 3.63) is 53.6 Å². The lowest BCUT2D eigenvalue weighted by atomic mass is 10.2. The molecule has 0 saturated carbocycles. The van der Waals surface area contributed by atoms with Gasteiger partial charge in [0, 0.05) is 6.54 Å². The van der Waals surface area contributed by atoms with E-state index in [4.69, 9.17) is 19.9 Å². The molecule has 2 aromatic rings. The van der Waals surface area contributed by atoms with Crippen LogP contribution in [0.5, 0.6) is 17.2 Å². The zero-order chi connectivity index (χ0) is 22.1. The molecule has 0 aliphatic rings. The van der Waals surface area contributed by atoms with Crippen molar-refractivity contribution in [2.24, 2.45) is 10.7 Å². The van der Waals surface area contributed by atoms with E-state index in [-0.39, 0.29) is 55.4 Å². The van der Waals surface area contributed by atoms with Crippen LogP contribution in [0.15, 0.2) is 47.5 Å². The minimum absolute atomic E-state index is 0. The first-order valence-electron chi connectivity index (χ1n) is 8.95. The predicted octanol–water partition coefficient (Wildman–Crippen LogP) is 3.18. The Labute approximate surface area is 195 Å². The van der Waals surface area contributed by atoms with E-state index in [1.54, 1.807) is 19.2 Å². The molecule has 172 valence electrons. The van der Waals surface area contributed by atoms with E-state index in [1.165, 1.54) is 19.2 Å². The molecule has 1 atom stereocenters. The van der Waals surface area contributed by atoms with Gasteiger partial charge in [-0.3, -0.25) is 0 Å². The van der Waals surface area contributed by atoms with E-state index in [0.29, 0.717) is 11.5 Å². The number of nitrogens with one attached hydrogen (secondary N) is 1. The Hall–Kier alpha value is -2.41. The standard InChI is InChI=1S/C20H24F3N3O4.HI/c1-28-17-7-6-13(8-18(17)29-2)10-25-19(24)26-11-15(27)12-30-16-5-3-4-14(9-16)20(21,22)23;/h3-9,15,27H,10-12H2,1-2H3,(H3,24,25,26);1H. The lowest BCUT2D eigenvalue weighted by molar-refractivity contribution is -0.137. The van der Waals surface area contributed by atoms with Crippen LogP contribution in [0.3, 0.4) is 0 Å². The third-order valence-electron chi connectivity index (χ3n) is 4.00. The van der Waals surface area contributed by atoms with E-state index < -0.39 is 17.8 Å². The van der Waals surface area contributed by atoms with Crippen LogP contribution in [0.2, 0.25) is 0 Å². The quantitative estimate of drug-likeness (QED) is 0.250. The molecule has 0 radical (unpaired) electrons. The van der Waals surface area contributed by atoms with Crippen molar-refractivity contribution >= 4 is 29.9 Å². The van der Waals surface area contributed by atoms with Crippen molar-refractivity contribution in [1.82, 2.24) is 5.32 Å². The number of aliphatic hydroxyl groups is 1. The second kappa shape index (κ2) is 12.4. The number of halogens is 4. The predicted molar refractivity (Wildman–Crippen MR) is 121 cm³/mol. The average Bonchev–Trinajstić information content (AvgIpc) is 2.74. The summed E-state index contributed by atoms with van der Waals surface area (Å²) in [5.41, 5.74) is 5.80. The van der Waals surface area contributed by atoms with Crippen molar-refractivity contribution in [3.8, 4) is 17.2 Å². The third-order valence-corrected chi connectivity index (χ3v) is 4.00. The summed E-state index contributed by atoms with van der Waals surface area (Å²) in [6, 6.07) is 9.78. The minimum Gasteiger partial charge on any atom is -0.493 e. The second-order valence-corrected chi connectivity index (χ2v) is 6.26. The summed E-state index contributed by atoms with van der Waals surface area (Å²) in [5, 5.41) is 12.7. The topological polar surface area (TPSA) is 98.3 Å². The lowest BCUT2D eigenvalue weighted by Gasteiger charge is -2.15. The third kappa shape index (κ3) is 8.69. The van der Waals surface area contributed by atoms with Crippen LogP contribution in [0.4, 0.5) is 13.2 Å². The molecule has 0 aliphatic heterocycles. The SMILES string of the molecule is COc1ccc(CN=C(N)NCC(O)COc2cccc(C(F)(F)F)c2)cc1OC.I. The molecule has 0 heterocycles. The zero-order valence-electron chi connectivity index (χ0n) is 17.0. The van der Waals surface area contributed by atoms with Gasteiger partial charge in [0.05, 0.1) is 26.3 Å². The highest BCUT2D eigenvalue weighted by molar-refractivity contribution is 14.0. The Morgan fingerprint density at radius 3 is 2.48 bits per heavy atom. The van der Waals surface area contributed by atoms with Gasteiger partial charge >= 0.3 is 6.18 Å². The van der Waals surface area contributed by atoms with Gasteiger partial charge in [-0.05, 0) is 35.9 Å². The number of ether oxygens (including phenoxy) is 3. The number of nitrogens with zero attached hydrogens (tertiary/aromatic N) is 1. The number of aliphatic imine (C=N–C) groups is 1. The fourth-order valence-corrected chi connectivity index (χ4v) is 2.45. The molecular formula is C20H25F3IN3O4. The van der Waals surface area contributed by atoms with Gasteiger partial charge in [0.15, 0.2) is 17.5 Å². The molecule has 7 nitrogen and oxygen atoms in total. The van der Waals surface area contributed by atoms with E-state index in [1.807, 2.05) is 6.07 Å². The normalized spacial score (nSPS) is 12.5. The van der Waals surface area contributed by atoms with Crippen LogP contribution < -0.4 is 25.3 Å². The molecular weight excluding hydrogens is 530 g/mol. The van der Waals surface area contributed by atoms with Crippen molar-refractivity contribution in [2.45, 2.75) is 18.8 Å². The molecule has 0 aliphatic carbocycles. The maximum absolute atomic E-state index is 12.7. The number of methoxy groups -OCH3 is 2. The van der Waals surface area contributed by atoms with Gasteiger partial charge in [-0.15, -0.1) is 24.0 Å². The maximum Gasteiger partial charge on any atom is 0.416 e. The van der Waals surface area contributed by atoms with Gasteiger partial charge < -0.3 is 30.4 Å². The number of hydrogen-bond acceptors (Lipinski definition) is 5. The summed E-state index contributed by atoms with van der Waals surface area (Å²) < 4.78 is 53.7. The highest BCUT2D eigenvalue weighted by Crippen LogP contribution is 2.31. The van der Waals surface area contributed by atoms with Crippen molar-refractivity contribution in [1.29, 1.82) is 0 Å². The Kier molecular flexibility index (Phi) is 10.7. The smallest absolute Gasteiger partial charge is 0.416 e. The molecule has 2 aromatic carbocycles. The molecule has 0 spiro atoms. The highest BCUT2D eigenvalue weighted by atomic mass is 127. The van der Waals surface area contributed by atoms with Crippen LogP contribution in [0.25, 0.3) is 0 Å². The Morgan fingerprint density at radius 2 is 1.84 bits per heavy atom. The number of aliphatic hydroxyl groups excluding tert-OH is 1. The summed E-state index contributed by atoms with van der Waals surface area (Å²) in [4.78, 5) is 4.16. The fraction of sp³-hybridized carbons (Fsp3) is 0.350. The summed E-state index contributed by atoms with van der Waals surface area (Å²) in [6.07, 6.45) is -5.47. The molecule has 31 heavy (non-hydrogen) atoms. The van der Waals surface area contributed by atoms with Gasteiger partial charge in [-0.2, -0.15) is 13.2 Å². The molecule has 0 amide bonds. The van der Waals surface area contributed by atoms with E-state index >= 15 is 0 Å². The molecule has 2 rings (SSSR count). The number of alkyl halides is 3. The number of hydrogen-bond donors (Lipinski definition) is 3. The molecule has 1 unspecified atom stereocenters. The monoisotopic (exact) mass is 555 g/mol. The van der Waals surface area contributed by atoms with E-state index in [2.05, 4.69) is 10.3 Å². The van der Waals surface area contributed by atoms with Crippen LogP contribution in [-0.4, -0.2) is 44.5 Å². The fourth-order valence-electron chi connectivity index (χ4n) is 2.45. The summed E-state index contributed by atoms with van der Waals surface area (Å²) in [7, 11) is 3.07. The largest absolute Gasteiger partial charge is 0.493 e. The summed E-state index contributed by atoms with van der Waals surface area (Å²) in [5.74, 6) is 1.28. The maximum atomic E-state index is 12.7. The average molecular weight is 555 g/mol. The molecule has 0 fully saturated rings. The van der Waals surface area contributed by atoms with Gasteiger partial charge in [0.2, 0.25) is 0 Å². The van der Waals surface area contributed by atoms with Crippen molar-refractivity contribution in [3.63, 3.8) is 0 Å². The van der Waals surface area contributed by atoms with Crippen molar-refractivity contribution in [2.75, 3.05) is 27.4 Å². The van der Waals surface area contributed by atoms with E-state index in [9.17, 15) is 18.3 Å². The number of rotatable bonds is 9. The Bertz CT molecular complexity index is 866. The number of guanidine groups is 1. The number of benzene rings is 2. The van der Waals surface area contributed by atoms with Crippen LogP contribution in [0, 0.1) is 0 Å². The van der Waals surface area contributed by atoms with Gasteiger partial charge in [0.1, 0.15) is 18.5 Å². The lowest BCUT2D eigenvalue weighted by Crippen LogP contribution is -2.39. The molecule has 4 N–H and O–H groups in total. The molecule has 0 aromatic heterocycles. The van der Waals surface area contributed by atoms with Gasteiger partial charge in [-0.1, -0.05) is 12.1 Å². The van der Waals surface area contributed by atoms with Crippen LogP contribution in [0.1, 0.15) is 11.1 Å². The van der Waals surface area contributed by atoms with Crippen LogP contribution in [-0.2, 0) is 12.7 Å². The second-order valence-electron chi connectivity index (χ2n) is 6.26. The summed E-state index contributed by atoms with van der Waals surface area (Å²) in [6.45, 7) is 0.0769. The highest BCUT2D eigenvalue weighted by Gasteiger charge is 2.30. The summed E-state index contributed by atoms with van der Waals surface area (Å²) >= 11 is 0. The number of nitrogens with two attached hydrogens (primary N) is 1. The first kappa shape index (κ1) is 26.6. The van der Waals surface area contributed by atoms with Gasteiger partial charge in [0.25, 0.3) is 0 Å². The van der Waals surface area contributed by atoms with E-state index in [0.717, 1.165) is 17.7 Å². The molecule has 11 heteroatoms. The first-order chi connectivity index (χ1) is 14.2. The Morgan fingerprint density at radius 1 is 1.13 bits per heavy atom. The first-order valence-corrected chi connectivity index (χ1v) is 8.95. The molecule has 0 saturated heterocycles. The Balaban J connectivity index is 0.00000480. The van der Waals surface area contributed by atoms with Crippen LogP contribution >= 0.6 is 24.0 Å². The molecule has 0 bridgehead atoms. The zero-order valence-corrected chi connectivity index (χ0v) is 19.3. The van der Waals surface area contributed by atoms with Gasteiger partial charge in [-0.25, -0.2) is 4.99 Å². The minimum atomic E-state index is -4.46. The van der Waals surface area contributed by atoms with Crippen molar-refractivity contribution < 1.29 is 32.5 Å².